The minimum Gasteiger partial charge on any atom is -0.282 e. The Morgan fingerprint density at radius 2 is 2.00 bits per heavy atom. The molecular formula is C6H4N2O. The van der Waals surface area contributed by atoms with Gasteiger partial charge < -0.3 is 0 Å². The number of aromatic nitrogens is 1. The number of hydrogen-bond donors (Lipinski definition) is 0. The predicted molar refractivity (Wildman–Crippen MR) is 30.7 cm³/mol. The normalized spacial score (nSPS) is 8.33. The van der Waals surface area contributed by atoms with Crippen LogP contribution in [-0.2, 0) is 0 Å². The summed E-state index contributed by atoms with van der Waals surface area (Å²) in [4.78, 5) is 10.5. The summed E-state index contributed by atoms with van der Waals surface area (Å²) in [5.74, 6) is -0.556. The van der Waals surface area contributed by atoms with Gasteiger partial charge in [0.15, 0.2) is 6.07 Å². The summed E-state index contributed by atoms with van der Waals surface area (Å²) in [5, 5.41) is 8.09. The third-order valence-corrected chi connectivity index (χ3v) is 0.935. The monoisotopic (exact) mass is 120 g/mol. The van der Waals surface area contributed by atoms with Crippen molar-refractivity contribution in [3.05, 3.63) is 24.5 Å². The smallest absolute Gasteiger partial charge is 0.282 e. The van der Waals surface area contributed by atoms with Crippen LogP contribution in [0.1, 0.15) is 4.79 Å². The van der Waals surface area contributed by atoms with E-state index in [0.29, 0.717) is 0 Å². The summed E-state index contributed by atoms with van der Waals surface area (Å²) in [6, 6.07) is 4.87. The van der Waals surface area contributed by atoms with Gasteiger partial charge in [0.2, 0.25) is 0 Å². The summed E-state index contributed by atoms with van der Waals surface area (Å²) in [5.41, 5.74) is 0. The molecule has 0 aliphatic rings. The predicted octanol–water partition coefficient (Wildman–Crippen LogP) is 0.652. The number of nitriles is 1. The molecule has 0 radical (unpaired) electrons. The Hall–Kier alpha value is -1.56. The van der Waals surface area contributed by atoms with Crippen LogP contribution in [0, 0.1) is 11.3 Å². The number of rotatable bonds is 0. The third-order valence-electron chi connectivity index (χ3n) is 0.935. The van der Waals surface area contributed by atoms with Gasteiger partial charge in [-0.05, 0) is 12.1 Å². The Morgan fingerprint density at radius 1 is 1.44 bits per heavy atom. The van der Waals surface area contributed by atoms with Crippen LogP contribution in [-0.4, -0.2) is 10.5 Å². The van der Waals surface area contributed by atoms with E-state index >= 15 is 0 Å². The molecule has 0 aliphatic carbocycles. The standard InChI is InChI=1S/C6H4N2O/c7-5-6(9)8-3-1-2-4-8/h1-4H. The molecule has 1 rings (SSSR count). The molecule has 0 aliphatic heterocycles. The molecule has 0 saturated carbocycles. The van der Waals surface area contributed by atoms with Gasteiger partial charge in [-0.25, -0.2) is 0 Å². The topological polar surface area (TPSA) is 45.8 Å². The molecule has 0 spiro atoms. The lowest BCUT2D eigenvalue weighted by atomic mass is 10.6. The van der Waals surface area contributed by atoms with Gasteiger partial charge in [0, 0.05) is 12.4 Å². The van der Waals surface area contributed by atoms with E-state index in [1.54, 1.807) is 12.1 Å². The Balaban J connectivity index is 2.93. The Kier molecular flexibility index (Phi) is 1.32. The number of nitrogens with zero attached hydrogens (tertiary/aromatic N) is 2. The second-order valence-electron chi connectivity index (χ2n) is 1.51. The van der Waals surface area contributed by atoms with Crippen LogP contribution in [0.5, 0.6) is 0 Å². The van der Waals surface area contributed by atoms with Gasteiger partial charge in [-0.3, -0.25) is 9.36 Å². The summed E-state index contributed by atoms with van der Waals surface area (Å²) >= 11 is 0. The lowest BCUT2D eigenvalue weighted by Crippen LogP contribution is -2.03. The molecule has 0 amide bonds. The molecule has 0 N–H and O–H groups in total. The molecule has 1 aromatic heterocycles. The first kappa shape index (κ1) is 5.57. The third kappa shape index (κ3) is 0.970. The maximum Gasteiger partial charge on any atom is 0.332 e. The summed E-state index contributed by atoms with van der Waals surface area (Å²) < 4.78 is 1.22. The van der Waals surface area contributed by atoms with Crippen molar-refractivity contribution in [3.63, 3.8) is 0 Å². The molecule has 0 aromatic carbocycles. The van der Waals surface area contributed by atoms with Gasteiger partial charge in [0.1, 0.15) is 0 Å². The van der Waals surface area contributed by atoms with E-state index in [9.17, 15) is 4.79 Å². The van der Waals surface area contributed by atoms with E-state index in [2.05, 4.69) is 0 Å². The largest absolute Gasteiger partial charge is 0.332 e. The molecule has 9 heavy (non-hydrogen) atoms. The average Bonchev–Trinajstić information content (AvgIpc) is 2.37. The fraction of sp³-hybridized carbons (Fsp3) is 0. The molecule has 0 bridgehead atoms. The quantitative estimate of drug-likeness (QED) is 0.472. The highest BCUT2D eigenvalue weighted by Gasteiger charge is 1.96. The van der Waals surface area contributed by atoms with E-state index in [0.717, 1.165) is 0 Å². The van der Waals surface area contributed by atoms with Gasteiger partial charge in [-0.1, -0.05) is 0 Å². The van der Waals surface area contributed by atoms with Crippen LogP contribution in [0.15, 0.2) is 24.5 Å². The van der Waals surface area contributed by atoms with Crippen molar-refractivity contribution in [2.45, 2.75) is 0 Å². The molecule has 0 atom stereocenters. The van der Waals surface area contributed by atoms with Crippen molar-refractivity contribution < 1.29 is 4.79 Å². The van der Waals surface area contributed by atoms with Gasteiger partial charge in [0.05, 0.1) is 0 Å². The molecular weight excluding hydrogens is 116 g/mol. The van der Waals surface area contributed by atoms with Crippen LogP contribution in [0.25, 0.3) is 0 Å². The Morgan fingerprint density at radius 3 is 2.44 bits per heavy atom. The lowest BCUT2D eigenvalue weighted by molar-refractivity contribution is 0.0977. The fourth-order valence-corrected chi connectivity index (χ4v) is 0.528. The maximum atomic E-state index is 10.5. The number of carbonyl (C=O) groups is 1. The number of hydrogen-bond acceptors (Lipinski definition) is 2. The van der Waals surface area contributed by atoms with Crippen LogP contribution in [0.2, 0.25) is 0 Å². The Labute approximate surface area is 52.1 Å². The highest BCUT2D eigenvalue weighted by Crippen LogP contribution is 1.87. The van der Waals surface area contributed by atoms with E-state index in [4.69, 9.17) is 5.26 Å². The van der Waals surface area contributed by atoms with Gasteiger partial charge in [-0.2, -0.15) is 5.26 Å². The maximum absolute atomic E-state index is 10.5. The molecule has 3 nitrogen and oxygen atoms in total. The minimum atomic E-state index is -0.556. The van der Waals surface area contributed by atoms with Crippen molar-refractivity contribution in [2.75, 3.05) is 0 Å². The van der Waals surface area contributed by atoms with E-state index in [1.807, 2.05) is 0 Å². The van der Waals surface area contributed by atoms with Crippen molar-refractivity contribution in [2.24, 2.45) is 0 Å². The van der Waals surface area contributed by atoms with Gasteiger partial charge in [-0.15, -0.1) is 0 Å². The number of carbonyl (C=O) groups excluding carboxylic acids is 1. The zero-order valence-electron chi connectivity index (χ0n) is 4.61. The van der Waals surface area contributed by atoms with Crippen molar-refractivity contribution in [1.29, 1.82) is 5.26 Å². The van der Waals surface area contributed by atoms with Crippen LogP contribution < -0.4 is 0 Å². The molecule has 0 fully saturated rings. The van der Waals surface area contributed by atoms with Crippen molar-refractivity contribution in [1.82, 2.24) is 4.57 Å². The lowest BCUT2D eigenvalue weighted by Gasteiger charge is -1.86. The first-order chi connectivity index (χ1) is 4.34. The summed E-state index contributed by atoms with van der Waals surface area (Å²) in [7, 11) is 0. The first-order valence-electron chi connectivity index (χ1n) is 2.42. The zero-order chi connectivity index (χ0) is 6.69. The minimum absolute atomic E-state index is 0.556. The van der Waals surface area contributed by atoms with Crippen LogP contribution in [0.3, 0.4) is 0 Å². The molecule has 0 unspecified atom stereocenters. The van der Waals surface area contributed by atoms with Crippen molar-refractivity contribution >= 4 is 5.91 Å². The molecule has 3 heteroatoms. The van der Waals surface area contributed by atoms with Crippen LogP contribution in [0.4, 0.5) is 0 Å². The molecule has 1 heterocycles. The molecule has 1 aromatic rings. The summed E-state index contributed by atoms with van der Waals surface area (Å²) in [6.07, 6.45) is 3.07. The highest BCUT2D eigenvalue weighted by atomic mass is 16.1. The van der Waals surface area contributed by atoms with Gasteiger partial charge >= 0.3 is 5.91 Å². The second kappa shape index (κ2) is 2.14. The zero-order valence-corrected chi connectivity index (χ0v) is 4.61. The van der Waals surface area contributed by atoms with Crippen LogP contribution >= 0.6 is 0 Å². The average molecular weight is 120 g/mol. The Bertz CT molecular complexity index is 243. The SMILES string of the molecule is N#CC(=O)n1cccc1. The second-order valence-corrected chi connectivity index (χ2v) is 1.51. The van der Waals surface area contributed by atoms with E-state index in [1.165, 1.54) is 23.0 Å². The van der Waals surface area contributed by atoms with E-state index < -0.39 is 5.91 Å². The fourth-order valence-electron chi connectivity index (χ4n) is 0.528. The first-order valence-corrected chi connectivity index (χ1v) is 2.42. The van der Waals surface area contributed by atoms with E-state index in [-0.39, 0.29) is 0 Å². The summed E-state index contributed by atoms with van der Waals surface area (Å²) in [6.45, 7) is 0. The van der Waals surface area contributed by atoms with Gasteiger partial charge in [0.25, 0.3) is 0 Å². The molecule has 44 valence electrons. The highest BCUT2D eigenvalue weighted by molar-refractivity contribution is 5.93. The van der Waals surface area contributed by atoms with Crippen molar-refractivity contribution in [3.8, 4) is 6.07 Å². The molecule has 0 saturated heterocycles.